The predicted molar refractivity (Wildman–Crippen MR) is 70.9 cm³/mol. The first-order valence-corrected chi connectivity index (χ1v) is 7.46. The summed E-state index contributed by atoms with van der Waals surface area (Å²) in [5.41, 5.74) is 0. The lowest BCUT2D eigenvalue weighted by Gasteiger charge is -2.27. The molecule has 1 aliphatic carbocycles. The number of aromatic amines is 1. The van der Waals surface area contributed by atoms with Crippen LogP contribution in [0.25, 0.3) is 0 Å². The fourth-order valence-electron chi connectivity index (χ4n) is 2.29. The monoisotopic (exact) mass is 297 g/mol. The van der Waals surface area contributed by atoms with Gasteiger partial charge in [0.25, 0.3) is 0 Å². The average molecular weight is 297 g/mol. The van der Waals surface area contributed by atoms with Crippen molar-refractivity contribution in [1.29, 1.82) is 0 Å². The van der Waals surface area contributed by atoms with Crippen molar-refractivity contribution in [3.63, 3.8) is 0 Å². The van der Waals surface area contributed by atoms with Gasteiger partial charge in [0, 0.05) is 5.75 Å². The van der Waals surface area contributed by atoms with Gasteiger partial charge < -0.3 is 10.4 Å². The van der Waals surface area contributed by atoms with Crippen molar-refractivity contribution in [1.82, 2.24) is 25.4 Å². The van der Waals surface area contributed by atoms with Crippen LogP contribution in [0, 0.1) is 5.92 Å². The predicted octanol–water partition coefficient (Wildman–Crippen LogP) is 0.252. The van der Waals surface area contributed by atoms with Crippen LogP contribution in [0.2, 0.25) is 0 Å². The number of aromatic nitrogens is 3. The molecule has 2 heterocycles. The molecule has 0 spiro atoms. The number of carbonyl (C=O) groups excluding carboxylic acids is 1. The minimum absolute atomic E-state index is 0.0224. The SMILES string of the molecule is O=C(O)C1CSC(C2CC2)N1C(=O)NCc1ncn[nH]1. The Morgan fingerprint density at radius 2 is 2.35 bits per heavy atom. The summed E-state index contributed by atoms with van der Waals surface area (Å²) in [5.74, 6) is 0.475. The van der Waals surface area contributed by atoms with Gasteiger partial charge in [0.1, 0.15) is 18.2 Å². The van der Waals surface area contributed by atoms with Crippen LogP contribution in [0.1, 0.15) is 18.7 Å². The van der Waals surface area contributed by atoms with Crippen LogP contribution in [0.5, 0.6) is 0 Å². The van der Waals surface area contributed by atoms with Gasteiger partial charge in [-0.1, -0.05) is 0 Å². The van der Waals surface area contributed by atoms with Crippen molar-refractivity contribution in [2.45, 2.75) is 30.8 Å². The third-order valence-corrected chi connectivity index (χ3v) is 4.91. The third kappa shape index (κ3) is 2.58. The van der Waals surface area contributed by atoms with Gasteiger partial charge in [-0.15, -0.1) is 11.8 Å². The number of carboxylic acid groups (broad SMARTS) is 1. The second-order valence-electron chi connectivity index (χ2n) is 4.91. The van der Waals surface area contributed by atoms with Gasteiger partial charge in [-0.3, -0.25) is 10.00 Å². The first-order valence-electron chi connectivity index (χ1n) is 6.41. The Morgan fingerprint density at radius 1 is 1.55 bits per heavy atom. The van der Waals surface area contributed by atoms with Crippen molar-refractivity contribution in [2.24, 2.45) is 5.92 Å². The Balaban J connectivity index is 1.67. The summed E-state index contributed by atoms with van der Waals surface area (Å²) in [4.78, 5) is 28.9. The summed E-state index contributed by atoms with van der Waals surface area (Å²) in [6, 6.07) is -1.10. The topological polar surface area (TPSA) is 111 Å². The maximum absolute atomic E-state index is 12.3. The normalized spacial score (nSPS) is 25.7. The number of amides is 2. The fraction of sp³-hybridized carbons (Fsp3) is 0.636. The number of carboxylic acids is 1. The standard InChI is InChI=1S/C11H15N5O3S/c17-10(18)7-4-20-9(6-1-2-6)16(7)11(19)12-3-8-13-5-14-15-8/h5-7,9H,1-4H2,(H,12,19)(H,17,18)(H,13,14,15). The van der Waals surface area contributed by atoms with Crippen LogP contribution >= 0.6 is 11.8 Å². The van der Waals surface area contributed by atoms with Gasteiger partial charge >= 0.3 is 12.0 Å². The van der Waals surface area contributed by atoms with E-state index in [1.54, 1.807) is 11.8 Å². The maximum atomic E-state index is 12.3. The van der Waals surface area contributed by atoms with Crippen LogP contribution in [0.15, 0.2) is 6.33 Å². The zero-order valence-electron chi connectivity index (χ0n) is 10.7. The Hall–Kier alpha value is -1.77. The van der Waals surface area contributed by atoms with E-state index in [-0.39, 0.29) is 17.9 Å². The molecule has 108 valence electrons. The van der Waals surface area contributed by atoms with Crippen LogP contribution in [0.4, 0.5) is 4.79 Å². The molecule has 0 radical (unpaired) electrons. The first-order chi connectivity index (χ1) is 9.66. The van der Waals surface area contributed by atoms with Crippen LogP contribution in [-0.4, -0.2) is 54.4 Å². The number of hydrogen-bond acceptors (Lipinski definition) is 5. The van der Waals surface area contributed by atoms with Gasteiger partial charge in [0.2, 0.25) is 0 Å². The highest BCUT2D eigenvalue weighted by atomic mass is 32.2. The number of hydrogen-bond donors (Lipinski definition) is 3. The number of urea groups is 1. The maximum Gasteiger partial charge on any atom is 0.327 e. The Labute approximate surface area is 119 Å². The highest BCUT2D eigenvalue weighted by Crippen LogP contribution is 2.45. The largest absolute Gasteiger partial charge is 0.480 e. The minimum Gasteiger partial charge on any atom is -0.480 e. The van der Waals surface area contributed by atoms with Gasteiger partial charge in [0.05, 0.1) is 11.9 Å². The van der Waals surface area contributed by atoms with E-state index in [9.17, 15) is 14.7 Å². The molecule has 2 aliphatic rings. The third-order valence-electron chi connectivity index (χ3n) is 3.45. The summed E-state index contributed by atoms with van der Waals surface area (Å²) in [5, 5.41) is 18.3. The van der Waals surface area contributed by atoms with E-state index in [0.717, 1.165) is 12.8 Å². The smallest absolute Gasteiger partial charge is 0.327 e. The summed E-state index contributed by atoms with van der Waals surface area (Å²) in [6.45, 7) is 0.212. The van der Waals surface area contributed by atoms with E-state index in [1.807, 2.05) is 0 Å². The number of thioether (sulfide) groups is 1. The van der Waals surface area contributed by atoms with Gasteiger partial charge in [-0.2, -0.15) is 5.10 Å². The summed E-state index contributed by atoms with van der Waals surface area (Å²) in [7, 11) is 0. The molecule has 0 bridgehead atoms. The number of rotatable bonds is 4. The quantitative estimate of drug-likeness (QED) is 0.734. The zero-order chi connectivity index (χ0) is 14.1. The lowest BCUT2D eigenvalue weighted by Crippen LogP contribution is -2.50. The van der Waals surface area contributed by atoms with Gasteiger partial charge in [-0.25, -0.2) is 14.6 Å². The van der Waals surface area contributed by atoms with Crippen molar-refractivity contribution in [3.8, 4) is 0 Å². The minimum atomic E-state index is -0.949. The zero-order valence-corrected chi connectivity index (χ0v) is 11.5. The van der Waals surface area contributed by atoms with Crippen molar-refractivity contribution >= 4 is 23.8 Å². The lowest BCUT2D eigenvalue weighted by atomic mass is 10.2. The molecule has 1 saturated carbocycles. The Bertz CT molecular complexity index is 504. The van der Waals surface area contributed by atoms with Crippen molar-refractivity contribution in [3.05, 3.63) is 12.2 Å². The second kappa shape index (κ2) is 5.31. The molecule has 3 N–H and O–H groups in total. The highest BCUT2D eigenvalue weighted by Gasteiger charge is 2.48. The summed E-state index contributed by atoms with van der Waals surface area (Å²) in [6.07, 6.45) is 3.49. The number of carbonyl (C=O) groups is 2. The molecule has 3 rings (SSSR count). The molecule has 1 aromatic heterocycles. The molecule has 9 heteroatoms. The number of aliphatic carboxylic acids is 1. The number of nitrogens with zero attached hydrogens (tertiary/aromatic N) is 3. The first kappa shape index (κ1) is 13.2. The van der Waals surface area contributed by atoms with Crippen LogP contribution in [-0.2, 0) is 11.3 Å². The fourth-order valence-corrected chi connectivity index (χ4v) is 3.92. The molecule has 8 nitrogen and oxygen atoms in total. The van der Waals surface area contributed by atoms with E-state index in [2.05, 4.69) is 20.5 Å². The van der Waals surface area contributed by atoms with E-state index in [1.165, 1.54) is 11.2 Å². The molecule has 2 amide bonds. The lowest BCUT2D eigenvalue weighted by molar-refractivity contribution is -0.141. The molecular weight excluding hydrogens is 282 g/mol. The Morgan fingerprint density at radius 3 is 2.95 bits per heavy atom. The van der Waals surface area contributed by atoms with Gasteiger partial charge in [-0.05, 0) is 18.8 Å². The number of H-pyrrole nitrogens is 1. The molecule has 1 aromatic rings. The number of nitrogens with one attached hydrogen (secondary N) is 2. The van der Waals surface area contributed by atoms with Crippen LogP contribution in [0.3, 0.4) is 0 Å². The highest BCUT2D eigenvalue weighted by molar-refractivity contribution is 8.00. The molecule has 2 unspecified atom stereocenters. The molecule has 2 fully saturated rings. The van der Waals surface area contributed by atoms with E-state index >= 15 is 0 Å². The van der Waals surface area contributed by atoms with Crippen molar-refractivity contribution in [2.75, 3.05) is 5.75 Å². The van der Waals surface area contributed by atoms with Crippen molar-refractivity contribution < 1.29 is 14.7 Å². The van der Waals surface area contributed by atoms with E-state index in [0.29, 0.717) is 17.5 Å². The van der Waals surface area contributed by atoms with E-state index in [4.69, 9.17) is 0 Å². The molecular formula is C11H15N5O3S. The molecule has 1 aliphatic heterocycles. The Kier molecular flexibility index (Phi) is 3.51. The van der Waals surface area contributed by atoms with Gasteiger partial charge in [0.15, 0.2) is 0 Å². The molecule has 1 saturated heterocycles. The van der Waals surface area contributed by atoms with E-state index < -0.39 is 12.0 Å². The summed E-state index contributed by atoms with van der Waals surface area (Å²) >= 11 is 1.56. The molecule has 20 heavy (non-hydrogen) atoms. The average Bonchev–Trinajstić information content (AvgIpc) is 2.97. The molecule has 0 aromatic carbocycles. The molecule has 2 atom stereocenters. The second-order valence-corrected chi connectivity index (χ2v) is 6.06. The summed E-state index contributed by atoms with van der Waals surface area (Å²) < 4.78 is 0. The van der Waals surface area contributed by atoms with Crippen LogP contribution < -0.4 is 5.32 Å².